The van der Waals surface area contributed by atoms with Crippen molar-refractivity contribution in [2.75, 3.05) is 6.61 Å². The first kappa shape index (κ1) is 11.2. The fourth-order valence-electron chi connectivity index (χ4n) is 1.22. The van der Waals surface area contributed by atoms with Crippen LogP contribution in [0.5, 0.6) is 5.88 Å². The molecule has 0 fully saturated rings. The number of tetrazole rings is 1. The Morgan fingerprint density at radius 2 is 2.35 bits per heavy atom. The van der Waals surface area contributed by atoms with E-state index >= 15 is 0 Å². The summed E-state index contributed by atoms with van der Waals surface area (Å²) < 4.78 is 11.6. The zero-order chi connectivity index (χ0) is 12.3. The van der Waals surface area contributed by atoms with Crippen LogP contribution in [-0.4, -0.2) is 43.7 Å². The zero-order valence-electron chi connectivity index (χ0n) is 9.40. The molecule has 0 aromatic carbocycles. The van der Waals surface area contributed by atoms with Gasteiger partial charge in [0, 0.05) is 0 Å². The second kappa shape index (κ2) is 4.73. The first-order chi connectivity index (χ1) is 8.22. The molecule has 8 heteroatoms. The van der Waals surface area contributed by atoms with Gasteiger partial charge >= 0.3 is 5.97 Å². The molecule has 90 valence electrons. The van der Waals surface area contributed by atoms with Gasteiger partial charge in [-0.1, -0.05) is 0 Å². The van der Waals surface area contributed by atoms with Crippen LogP contribution < -0.4 is 4.74 Å². The Morgan fingerprint density at radius 3 is 3.12 bits per heavy atom. The van der Waals surface area contributed by atoms with Crippen molar-refractivity contribution < 1.29 is 14.3 Å². The Kier molecular flexibility index (Phi) is 3.12. The third-order valence-corrected chi connectivity index (χ3v) is 1.99. The highest BCUT2D eigenvalue weighted by atomic mass is 16.6. The highest BCUT2D eigenvalue weighted by Gasteiger charge is 2.17. The van der Waals surface area contributed by atoms with Gasteiger partial charge in [-0.15, -0.1) is 5.10 Å². The topological polar surface area (TPSA) is 91.5 Å². The maximum Gasteiger partial charge on any atom is 0.347 e. The highest BCUT2D eigenvalue weighted by Crippen LogP contribution is 2.11. The van der Waals surface area contributed by atoms with E-state index in [0.29, 0.717) is 12.3 Å². The average Bonchev–Trinajstić information content (AvgIpc) is 2.78. The van der Waals surface area contributed by atoms with E-state index in [0.717, 1.165) is 0 Å². The summed E-state index contributed by atoms with van der Waals surface area (Å²) in [6.07, 6.45) is 2.17. The predicted octanol–water partition coefficient (Wildman–Crippen LogP) is -0.150. The monoisotopic (exact) mass is 237 g/mol. The van der Waals surface area contributed by atoms with E-state index in [2.05, 4.69) is 20.5 Å². The smallest absolute Gasteiger partial charge is 0.347 e. The van der Waals surface area contributed by atoms with E-state index in [1.54, 1.807) is 13.8 Å². The summed E-state index contributed by atoms with van der Waals surface area (Å²) in [5.74, 6) is -0.161. The number of hydrogen-bond donors (Lipinski definition) is 0. The molecule has 2 aromatic heterocycles. The van der Waals surface area contributed by atoms with Gasteiger partial charge in [0.2, 0.25) is 11.5 Å². The number of aromatic nitrogens is 5. The summed E-state index contributed by atoms with van der Waals surface area (Å²) in [6, 6.07) is 0. The van der Waals surface area contributed by atoms with E-state index in [4.69, 9.17) is 9.47 Å². The molecular weight excluding hydrogens is 226 g/mol. The normalized spacial score (nSPS) is 12.4. The minimum absolute atomic E-state index is 0.285. The molecule has 0 saturated heterocycles. The molecule has 2 aromatic rings. The summed E-state index contributed by atoms with van der Waals surface area (Å²) in [6.45, 7) is 3.62. The summed E-state index contributed by atoms with van der Waals surface area (Å²) in [4.78, 5) is 15.3. The second-order valence-electron chi connectivity index (χ2n) is 3.21. The van der Waals surface area contributed by atoms with Gasteiger partial charge in [-0.3, -0.25) is 4.98 Å². The maximum atomic E-state index is 11.4. The van der Waals surface area contributed by atoms with Crippen molar-refractivity contribution in [1.82, 2.24) is 25.0 Å². The Labute approximate surface area is 96.5 Å². The fraction of sp³-hybridized carbons (Fsp3) is 0.444. The van der Waals surface area contributed by atoms with Crippen LogP contribution in [0.2, 0.25) is 0 Å². The van der Waals surface area contributed by atoms with Crippen LogP contribution in [0.15, 0.2) is 12.4 Å². The van der Waals surface area contributed by atoms with Crippen LogP contribution in [0, 0.1) is 0 Å². The molecule has 0 aliphatic heterocycles. The van der Waals surface area contributed by atoms with Crippen LogP contribution >= 0.6 is 0 Å². The van der Waals surface area contributed by atoms with E-state index in [1.807, 2.05) is 0 Å². The quantitative estimate of drug-likeness (QED) is 0.683. The van der Waals surface area contributed by atoms with Gasteiger partial charge in [0.25, 0.3) is 0 Å². The molecular formula is C9H11N5O3. The molecule has 0 aliphatic carbocycles. The number of nitrogens with zero attached hydrogens (tertiary/aromatic N) is 5. The van der Waals surface area contributed by atoms with Crippen molar-refractivity contribution >= 4 is 11.6 Å². The molecule has 2 rings (SSSR count). The minimum Gasteiger partial charge on any atom is -0.463 e. The third-order valence-electron chi connectivity index (χ3n) is 1.99. The minimum atomic E-state index is -0.744. The molecule has 0 radical (unpaired) electrons. The van der Waals surface area contributed by atoms with Gasteiger partial charge in [0.05, 0.1) is 19.0 Å². The lowest BCUT2D eigenvalue weighted by Gasteiger charge is -2.12. The summed E-state index contributed by atoms with van der Waals surface area (Å²) in [7, 11) is 0. The fourth-order valence-corrected chi connectivity index (χ4v) is 1.22. The van der Waals surface area contributed by atoms with Gasteiger partial charge in [0.1, 0.15) is 0 Å². The van der Waals surface area contributed by atoms with Crippen molar-refractivity contribution in [3.63, 3.8) is 0 Å². The van der Waals surface area contributed by atoms with Gasteiger partial charge in [0.15, 0.2) is 6.10 Å². The standard InChI is InChI=1S/C9H11N5O3/c1-3-16-9(15)6(2)17-8-5-10-4-7-11-12-13-14(7)8/h4-6H,3H2,1-2H3. The van der Waals surface area contributed by atoms with Crippen LogP contribution in [0.1, 0.15) is 13.8 Å². The van der Waals surface area contributed by atoms with Gasteiger partial charge in [-0.2, -0.15) is 4.52 Å². The lowest BCUT2D eigenvalue weighted by atomic mass is 10.4. The lowest BCUT2D eigenvalue weighted by Crippen LogP contribution is -2.27. The van der Waals surface area contributed by atoms with E-state index in [9.17, 15) is 4.79 Å². The highest BCUT2D eigenvalue weighted by molar-refractivity contribution is 5.74. The molecule has 0 bridgehead atoms. The first-order valence-electron chi connectivity index (χ1n) is 5.07. The van der Waals surface area contributed by atoms with Gasteiger partial charge < -0.3 is 9.47 Å². The molecule has 8 nitrogen and oxygen atoms in total. The Morgan fingerprint density at radius 1 is 1.53 bits per heavy atom. The van der Waals surface area contributed by atoms with Crippen molar-refractivity contribution in [2.45, 2.75) is 20.0 Å². The Bertz CT molecular complexity index is 526. The van der Waals surface area contributed by atoms with E-state index in [-0.39, 0.29) is 5.88 Å². The number of rotatable bonds is 4. The molecule has 0 aliphatic rings. The molecule has 1 atom stereocenters. The van der Waals surface area contributed by atoms with E-state index < -0.39 is 12.1 Å². The first-order valence-corrected chi connectivity index (χ1v) is 5.07. The van der Waals surface area contributed by atoms with Crippen LogP contribution in [0.4, 0.5) is 0 Å². The van der Waals surface area contributed by atoms with Gasteiger partial charge in [-0.25, -0.2) is 4.79 Å². The van der Waals surface area contributed by atoms with Gasteiger partial charge in [-0.05, 0) is 24.3 Å². The molecule has 0 amide bonds. The lowest BCUT2D eigenvalue weighted by molar-refractivity contribution is -0.150. The Balaban J connectivity index is 2.18. The van der Waals surface area contributed by atoms with Crippen LogP contribution in [0.3, 0.4) is 0 Å². The number of hydrogen-bond acceptors (Lipinski definition) is 7. The van der Waals surface area contributed by atoms with Crippen LogP contribution in [-0.2, 0) is 9.53 Å². The summed E-state index contributed by atoms with van der Waals surface area (Å²) in [5.41, 5.74) is 0.443. The number of esters is 1. The number of carbonyl (C=O) groups excluding carboxylic acids is 1. The second-order valence-corrected chi connectivity index (χ2v) is 3.21. The number of carbonyl (C=O) groups is 1. The summed E-state index contributed by atoms with van der Waals surface area (Å²) >= 11 is 0. The van der Waals surface area contributed by atoms with Crippen molar-refractivity contribution in [2.24, 2.45) is 0 Å². The Hall–Kier alpha value is -2.25. The predicted molar refractivity (Wildman–Crippen MR) is 55.3 cm³/mol. The molecule has 0 saturated carbocycles. The van der Waals surface area contributed by atoms with Crippen molar-refractivity contribution in [3.05, 3.63) is 12.4 Å². The molecule has 0 spiro atoms. The molecule has 2 heterocycles. The van der Waals surface area contributed by atoms with Crippen molar-refractivity contribution in [1.29, 1.82) is 0 Å². The van der Waals surface area contributed by atoms with Crippen LogP contribution in [0.25, 0.3) is 5.65 Å². The molecule has 1 unspecified atom stereocenters. The number of fused-ring (bicyclic) bond motifs is 1. The largest absolute Gasteiger partial charge is 0.463 e. The summed E-state index contributed by atoms with van der Waals surface area (Å²) in [5, 5.41) is 10.9. The molecule has 0 N–H and O–H groups in total. The van der Waals surface area contributed by atoms with E-state index in [1.165, 1.54) is 16.9 Å². The third kappa shape index (κ3) is 2.30. The van der Waals surface area contributed by atoms with Crippen molar-refractivity contribution in [3.8, 4) is 5.88 Å². The maximum absolute atomic E-state index is 11.4. The average molecular weight is 237 g/mol. The SMILES string of the molecule is CCOC(=O)C(C)Oc1cncc2nnnn12. The zero-order valence-corrected chi connectivity index (χ0v) is 9.40. The number of ether oxygens (including phenoxy) is 2. The molecule has 17 heavy (non-hydrogen) atoms.